The maximum Gasteiger partial charge on any atom is 0.245 e. The van der Waals surface area contributed by atoms with E-state index in [0.29, 0.717) is 5.82 Å². The number of thiocarbonyl (C=S) groups is 1. The van der Waals surface area contributed by atoms with Crippen LogP contribution < -0.4 is 16.0 Å². The molecule has 0 aliphatic rings. The number of aryl methyl sites for hydroxylation is 1. The first kappa shape index (κ1) is 22.9. The summed E-state index contributed by atoms with van der Waals surface area (Å²) in [7, 11) is 0. The molecular weight excluding hydrogens is 507 g/mol. The van der Waals surface area contributed by atoms with Gasteiger partial charge < -0.3 is 16.0 Å². The van der Waals surface area contributed by atoms with Gasteiger partial charge in [0, 0.05) is 12.3 Å². The summed E-state index contributed by atoms with van der Waals surface area (Å²) in [6.07, 6.45) is 3.59. The molecule has 1 atom stereocenters. The lowest BCUT2D eigenvalue weighted by atomic mass is 10.2. The van der Waals surface area contributed by atoms with Crippen LogP contribution in [0.1, 0.15) is 11.1 Å². The van der Waals surface area contributed by atoms with Crippen LogP contribution in [0.2, 0.25) is 0 Å². The van der Waals surface area contributed by atoms with E-state index in [1.54, 1.807) is 12.3 Å². The number of carbonyl (C=O) groups excluding carboxylic acids is 1. The standard InChI is InChI=1S/C18H16BrCl3N4OS/c1-11-9-13(19)15(23-10-11)25-17(28)26-16(18(20,21)22)24-14(27)8-7-12-5-3-2-4-6-12/h2-10,16H,1H3,(H,24,27)(H2,23,25,26,28)/b8-7+. The van der Waals surface area contributed by atoms with E-state index in [9.17, 15) is 4.79 Å². The van der Waals surface area contributed by atoms with E-state index in [-0.39, 0.29) is 5.11 Å². The van der Waals surface area contributed by atoms with Gasteiger partial charge in [0.2, 0.25) is 9.70 Å². The van der Waals surface area contributed by atoms with Gasteiger partial charge >= 0.3 is 0 Å². The highest BCUT2D eigenvalue weighted by molar-refractivity contribution is 9.10. The minimum atomic E-state index is -1.85. The van der Waals surface area contributed by atoms with Gasteiger partial charge in [0.25, 0.3) is 0 Å². The molecule has 2 aromatic rings. The summed E-state index contributed by atoms with van der Waals surface area (Å²) >= 11 is 26.6. The van der Waals surface area contributed by atoms with Crippen molar-refractivity contribution in [3.05, 3.63) is 64.3 Å². The lowest BCUT2D eigenvalue weighted by Gasteiger charge is -2.27. The Morgan fingerprint density at radius 1 is 1.25 bits per heavy atom. The fourth-order valence-electron chi connectivity index (χ4n) is 2.03. The number of rotatable bonds is 5. The monoisotopic (exact) mass is 520 g/mol. The molecule has 3 N–H and O–H groups in total. The Morgan fingerprint density at radius 3 is 2.54 bits per heavy atom. The largest absolute Gasteiger partial charge is 0.339 e. The van der Waals surface area contributed by atoms with E-state index in [1.807, 2.05) is 43.3 Å². The zero-order valence-electron chi connectivity index (χ0n) is 14.5. The van der Waals surface area contributed by atoms with Crippen molar-refractivity contribution in [2.45, 2.75) is 16.9 Å². The molecule has 0 fully saturated rings. The predicted octanol–water partition coefficient (Wildman–Crippen LogP) is 4.96. The Bertz CT molecular complexity index is 875. The van der Waals surface area contributed by atoms with Crippen LogP contribution in [0.3, 0.4) is 0 Å². The molecule has 1 heterocycles. The molecule has 0 saturated heterocycles. The van der Waals surface area contributed by atoms with Gasteiger partial charge in [-0.3, -0.25) is 4.79 Å². The number of amides is 1. The molecule has 0 radical (unpaired) electrons. The smallest absolute Gasteiger partial charge is 0.245 e. The zero-order valence-corrected chi connectivity index (χ0v) is 19.2. The van der Waals surface area contributed by atoms with Gasteiger partial charge in [-0.2, -0.15) is 0 Å². The Morgan fingerprint density at radius 2 is 1.93 bits per heavy atom. The third-order valence-corrected chi connectivity index (χ3v) is 4.80. The SMILES string of the molecule is Cc1cnc(NC(=S)NC(NC(=O)/C=C/c2ccccc2)C(Cl)(Cl)Cl)c(Br)c1. The van der Waals surface area contributed by atoms with Crippen LogP contribution in [-0.4, -0.2) is 26.0 Å². The van der Waals surface area contributed by atoms with Crippen molar-refractivity contribution in [2.24, 2.45) is 0 Å². The quantitative estimate of drug-likeness (QED) is 0.224. The number of aromatic nitrogens is 1. The summed E-state index contributed by atoms with van der Waals surface area (Å²) in [6.45, 7) is 1.91. The van der Waals surface area contributed by atoms with Gasteiger partial charge in [0.1, 0.15) is 12.0 Å². The van der Waals surface area contributed by atoms with Crippen LogP contribution in [0.15, 0.2) is 53.1 Å². The van der Waals surface area contributed by atoms with E-state index in [4.69, 9.17) is 47.0 Å². The maximum atomic E-state index is 12.2. The van der Waals surface area contributed by atoms with Crippen LogP contribution in [0.4, 0.5) is 5.82 Å². The molecule has 28 heavy (non-hydrogen) atoms. The molecule has 0 aliphatic heterocycles. The van der Waals surface area contributed by atoms with E-state index in [1.165, 1.54) is 6.08 Å². The number of pyridine rings is 1. The summed E-state index contributed by atoms with van der Waals surface area (Å²) in [4.78, 5) is 16.4. The van der Waals surface area contributed by atoms with Crippen LogP contribution in [0.25, 0.3) is 6.08 Å². The number of carbonyl (C=O) groups is 1. The third kappa shape index (κ3) is 7.56. The highest BCUT2D eigenvalue weighted by Gasteiger charge is 2.34. The highest BCUT2D eigenvalue weighted by atomic mass is 79.9. The summed E-state index contributed by atoms with van der Waals surface area (Å²) in [5.74, 6) is 0.0339. The molecule has 1 aromatic carbocycles. The minimum Gasteiger partial charge on any atom is -0.339 e. The van der Waals surface area contributed by atoms with Crippen molar-refractivity contribution in [1.29, 1.82) is 0 Å². The first-order valence-corrected chi connectivity index (χ1v) is 10.3. The molecule has 1 unspecified atom stereocenters. The van der Waals surface area contributed by atoms with Crippen molar-refractivity contribution in [3.63, 3.8) is 0 Å². The highest BCUT2D eigenvalue weighted by Crippen LogP contribution is 2.29. The molecule has 5 nitrogen and oxygen atoms in total. The van der Waals surface area contributed by atoms with Crippen LogP contribution in [0, 0.1) is 6.92 Å². The third-order valence-electron chi connectivity index (χ3n) is 3.33. The number of anilines is 1. The van der Waals surface area contributed by atoms with Gasteiger partial charge in [-0.15, -0.1) is 0 Å². The van der Waals surface area contributed by atoms with Crippen molar-refractivity contribution in [3.8, 4) is 0 Å². The fraction of sp³-hybridized carbons (Fsp3) is 0.167. The number of nitrogens with zero attached hydrogens (tertiary/aromatic N) is 1. The molecule has 0 aliphatic carbocycles. The fourth-order valence-corrected chi connectivity index (χ4v) is 3.13. The van der Waals surface area contributed by atoms with Crippen molar-refractivity contribution < 1.29 is 4.79 Å². The van der Waals surface area contributed by atoms with Crippen LogP contribution in [0.5, 0.6) is 0 Å². The van der Waals surface area contributed by atoms with Gasteiger partial charge in [0.15, 0.2) is 5.11 Å². The van der Waals surface area contributed by atoms with E-state index < -0.39 is 15.9 Å². The van der Waals surface area contributed by atoms with E-state index in [0.717, 1.165) is 15.6 Å². The predicted molar refractivity (Wildman–Crippen MR) is 124 cm³/mol. The molecule has 0 spiro atoms. The number of nitrogens with one attached hydrogen (secondary N) is 3. The lowest BCUT2D eigenvalue weighted by Crippen LogP contribution is -2.55. The summed E-state index contributed by atoms with van der Waals surface area (Å²) < 4.78 is -1.13. The van der Waals surface area contributed by atoms with E-state index in [2.05, 4.69) is 36.9 Å². The normalized spacial score (nSPS) is 12.5. The van der Waals surface area contributed by atoms with Crippen molar-refractivity contribution in [1.82, 2.24) is 15.6 Å². The number of benzene rings is 1. The Hall–Kier alpha value is -1.38. The molecule has 10 heteroatoms. The van der Waals surface area contributed by atoms with Crippen LogP contribution in [-0.2, 0) is 4.79 Å². The number of hydrogen-bond acceptors (Lipinski definition) is 3. The molecule has 1 aromatic heterocycles. The Kier molecular flexibility index (Phi) is 8.52. The minimum absolute atomic E-state index is 0.126. The number of alkyl halides is 3. The molecule has 0 saturated carbocycles. The average Bonchev–Trinajstić information content (AvgIpc) is 2.62. The molecule has 1 amide bonds. The first-order chi connectivity index (χ1) is 13.1. The van der Waals surface area contributed by atoms with Crippen molar-refractivity contribution in [2.75, 3.05) is 5.32 Å². The Labute approximate surface area is 192 Å². The first-order valence-electron chi connectivity index (χ1n) is 7.95. The second kappa shape index (κ2) is 10.4. The molecule has 148 valence electrons. The average molecular weight is 523 g/mol. The van der Waals surface area contributed by atoms with Gasteiger partial charge in [-0.25, -0.2) is 4.98 Å². The summed E-state index contributed by atoms with van der Waals surface area (Å²) in [5.41, 5.74) is 1.84. The van der Waals surface area contributed by atoms with E-state index >= 15 is 0 Å². The molecule has 2 rings (SSSR count). The second-order valence-electron chi connectivity index (χ2n) is 5.67. The zero-order chi connectivity index (χ0) is 20.7. The van der Waals surface area contributed by atoms with Gasteiger partial charge in [-0.05, 0) is 58.3 Å². The maximum absolute atomic E-state index is 12.2. The topological polar surface area (TPSA) is 66.1 Å². The lowest BCUT2D eigenvalue weighted by molar-refractivity contribution is -0.117. The number of halogens is 4. The van der Waals surface area contributed by atoms with Crippen LogP contribution >= 0.6 is 63.0 Å². The second-order valence-corrected chi connectivity index (χ2v) is 9.30. The van der Waals surface area contributed by atoms with Crippen molar-refractivity contribution >= 4 is 85.9 Å². The van der Waals surface area contributed by atoms with Gasteiger partial charge in [-0.1, -0.05) is 65.1 Å². The molecule has 0 bridgehead atoms. The number of hydrogen-bond donors (Lipinski definition) is 3. The van der Waals surface area contributed by atoms with Gasteiger partial charge in [0.05, 0.1) is 4.47 Å². The summed E-state index contributed by atoms with van der Waals surface area (Å²) in [5, 5.41) is 8.36. The summed E-state index contributed by atoms with van der Waals surface area (Å²) in [6, 6.07) is 11.2. The molecular formula is C18H16BrCl3N4OS. The Balaban J connectivity index is 2.02.